The van der Waals surface area contributed by atoms with Gasteiger partial charge in [0.15, 0.2) is 0 Å². The summed E-state index contributed by atoms with van der Waals surface area (Å²) in [4.78, 5) is 1.68. The number of nitrogens with one attached hydrogen (secondary N) is 2. The highest BCUT2D eigenvalue weighted by Crippen LogP contribution is 2.45. The SMILES string of the molecule is CC1(C)SC[C@@](C)(c2sc(-c3nnc(-c4ccc(F)cc4)o3)cc2Cl)NC1=N. The van der Waals surface area contributed by atoms with Gasteiger partial charge in [-0.3, -0.25) is 5.41 Å². The van der Waals surface area contributed by atoms with Gasteiger partial charge >= 0.3 is 0 Å². The van der Waals surface area contributed by atoms with Crippen molar-refractivity contribution in [3.8, 4) is 22.2 Å². The Hall–Kier alpha value is -1.90. The summed E-state index contributed by atoms with van der Waals surface area (Å²) in [5, 5.41) is 20.4. The molecule has 0 unspecified atom stereocenters. The molecule has 1 aliphatic heterocycles. The van der Waals surface area contributed by atoms with Crippen LogP contribution in [0, 0.1) is 11.2 Å². The Morgan fingerprint density at radius 1 is 1.18 bits per heavy atom. The van der Waals surface area contributed by atoms with E-state index in [1.54, 1.807) is 23.9 Å². The van der Waals surface area contributed by atoms with Crippen molar-refractivity contribution in [2.75, 3.05) is 5.75 Å². The minimum Gasteiger partial charge on any atom is -0.415 e. The van der Waals surface area contributed by atoms with E-state index in [1.807, 2.05) is 26.8 Å². The van der Waals surface area contributed by atoms with Crippen molar-refractivity contribution >= 4 is 40.5 Å². The van der Waals surface area contributed by atoms with Crippen LogP contribution in [0.2, 0.25) is 5.02 Å². The van der Waals surface area contributed by atoms with E-state index in [4.69, 9.17) is 21.4 Å². The van der Waals surface area contributed by atoms with Crippen molar-refractivity contribution < 1.29 is 8.81 Å². The molecule has 1 atom stereocenters. The third-order valence-corrected chi connectivity index (χ3v) is 8.08. The van der Waals surface area contributed by atoms with Gasteiger partial charge in [-0.05, 0) is 51.1 Å². The van der Waals surface area contributed by atoms with Crippen molar-refractivity contribution in [1.29, 1.82) is 5.41 Å². The molecule has 0 saturated carbocycles. The maximum absolute atomic E-state index is 13.1. The molecule has 3 aromatic rings. The fourth-order valence-corrected chi connectivity index (χ4v) is 5.59. The summed E-state index contributed by atoms with van der Waals surface area (Å²) in [6, 6.07) is 7.70. The number of hydrogen-bond donors (Lipinski definition) is 2. The Morgan fingerprint density at radius 3 is 2.54 bits per heavy atom. The van der Waals surface area contributed by atoms with Crippen molar-refractivity contribution in [2.45, 2.75) is 31.1 Å². The van der Waals surface area contributed by atoms with Crippen molar-refractivity contribution in [2.24, 2.45) is 0 Å². The van der Waals surface area contributed by atoms with Gasteiger partial charge in [-0.1, -0.05) is 11.6 Å². The molecular formula is C19H18ClFN4OS2. The van der Waals surface area contributed by atoms with E-state index < -0.39 is 5.54 Å². The lowest BCUT2D eigenvalue weighted by atomic mass is 10.00. The van der Waals surface area contributed by atoms with Crippen molar-refractivity contribution in [3.63, 3.8) is 0 Å². The highest BCUT2D eigenvalue weighted by atomic mass is 35.5. The molecule has 2 aromatic heterocycles. The van der Waals surface area contributed by atoms with Gasteiger partial charge in [0.2, 0.25) is 5.89 Å². The van der Waals surface area contributed by atoms with Gasteiger partial charge in [0, 0.05) is 16.2 Å². The predicted molar refractivity (Wildman–Crippen MR) is 113 cm³/mol. The second-order valence-electron chi connectivity index (χ2n) is 7.34. The van der Waals surface area contributed by atoms with Crippen LogP contribution in [0.4, 0.5) is 4.39 Å². The van der Waals surface area contributed by atoms with Gasteiger partial charge in [-0.15, -0.1) is 33.3 Å². The smallest absolute Gasteiger partial charge is 0.258 e. The first kappa shape index (κ1) is 19.4. The Labute approximate surface area is 175 Å². The van der Waals surface area contributed by atoms with E-state index in [-0.39, 0.29) is 10.6 Å². The molecule has 1 saturated heterocycles. The first-order valence-electron chi connectivity index (χ1n) is 8.59. The van der Waals surface area contributed by atoms with Crippen LogP contribution in [-0.4, -0.2) is 26.5 Å². The average Bonchev–Trinajstić information content (AvgIpc) is 3.27. The lowest BCUT2D eigenvalue weighted by molar-refractivity contribution is 0.483. The third kappa shape index (κ3) is 3.44. The summed E-state index contributed by atoms with van der Waals surface area (Å²) in [6.07, 6.45) is 0. The first-order valence-corrected chi connectivity index (χ1v) is 10.8. The number of rotatable bonds is 3. The van der Waals surface area contributed by atoms with E-state index >= 15 is 0 Å². The van der Waals surface area contributed by atoms with E-state index in [1.165, 1.54) is 23.5 Å². The Bertz CT molecular complexity index is 1050. The zero-order chi connectivity index (χ0) is 20.1. The maximum Gasteiger partial charge on any atom is 0.258 e. The van der Waals surface area contributed by atoms with Crippen LogP contribution in [-0.2, 0) is 5.54 Å². The molecule has 0 spiro atoms. The second kappa shape index (κ2) is 6.86. The molecule has 28 heavy (non-hydrogen) atoms. The molecule has 9 heteroatoms. The van der Waals surface area contributed by atoms with Gasteiger partial charge in [0.1, 0.15) is 11.7 Å². The number of aromatic nitrogens is 2. The van der Waals surface area contributed by atoms with Gasteiger partial charge in [-0.2, -0.15) is 0 Å². The Balaban J connectivity index is 1.64. The van der Waals surface area contributed by atoms with E-state index in [0.29, 0.717) is 28.2 Å². The first-order chi connectivity index (χ1) is 13.2. The maximum atomic E-state index is 13.1. The van der Waals surface area contributed by atoms with Crippen LogP contribution in [0.1, 0.15) is 25.6 Å². The molecule has 0 bridgehead atoms. The number of thiophene rings is 1. The summed E-state index contributed by atoms with van der Waals surface area (Å²) < 4.78 is 18.6. The van der Waals surface area contributed by atoms with Crippen LogP contribution < -0.4 is 5.32 Å². The lowest BCUT2D eigenvalue weighted by Gasteiger charge is -2.42. The summed E-state index contributed by atoms with van der Waals surface area (Å²) >= 11 is 9.73. The van der Waals surface area contributed by atoms with Gasteiger partial charge < -0.3 is 9.73 Å². The number of thioether (sulfide) groups is 1. The van der Waals surface area contributed by atoms with Crippen LogP contribution in [0.5, 0.6) is 0 Å². The molecule has 4 rings (SSSR count). The molecule has 2 N–H and O–H groups in total. The van der Waals surface area contributed by atoms with Crippen LogP contribution in [0.3, 0.4) is 0 Å². The Kier molecular flexibility index (Phi) is 4.76. The van der Waals surface area contributed by atoms with Crippen LogP contribution in [0.15, 0.2) is 34.7 Å². The number of hydrogen-bond acceptors (Lipinski definition) is 6. The minimum atomic E-state index is -0.447. The average molecular weight is 437 g/mol. The molecule has 5 nitrogen and oxygen atoms in total. The highest BCUT2D eigenvalue weighted by Gasteiger charge is 2.42. The number of nitrogens with zero attached hydrogens (tertiary/aromatic N) is 2. The van der Waals surface area contributed by atoms with E-state index in [9.17, 15) is 4.39 Å². The molecule has 3 heterocycles. The normalized spacial score (nSPS) is 21.5. The summed E-state index contributed by atoms with van der Waals surface area (Å²) in [5.41, 5.74) is 0.202. The second-order valence-corrected chi connectivity index (χ2v) is 10.4. The van der Waals surface area contributed by atoms with Crippen LogP contribution in [0.25, 0.3) is 22.2 Å². The van der Waals surface area contributed by atoms with Gasteiger partial charge in [-0.25, -0.2) is 4.39 Å². The fourth-order valence-electron chi connectivity index (χ4n) is 2.86. The zero-order valence-electron chi connectivity index (χ0n) is 15.5. The van der Waals surface area contributed by atoms with Gasteiger partial charge in [0.05, 0.1) is 20.2 Å². The standard InChI is InChI=1S/C19H18ClFN4OS2/c1-18(2)17(22)23-19(3,9-27-18)14-12(20)8-13(28-14)16-25-24-15(26-16)10-4-6-11(21)7-5-10/h4-8H,9H2,1-3H3,(H2,22,23)/t19-/m0/s1. The number of halogens is 2. The largest absolute Gasteiger partial charge is 0.415 e. The Morgan fingerprint density at radius 2 is 1.86 bits per heavy atom. The zero-order valence-corrected chi connectivity index (χ0v) is 17.9. The third-order valence-electron chi connectivity index (χ3n) is 4.64. The summed E-state index contributed by atoms with van der Waals surface area (Å²) in [5.74, 6) is 1.63. The molecule has 1 aromatic carbocycles. The molecule has 0 amide bonds. The molecule has 0 radical (unpaired) electrons. The van der Waals surface area contributed by atoms with E-state index in [2.05, 4.69) is 15.5 Å². The molecular weight excluding hydrogens is 419 g/mol. The monoisotopic (exact) mass is 436 g/mol. The van der Waals surface area contributed by atoms with E-state index in [0.717, 1.165) is 15.5 Å². The van der Waals surface area contributed by atoms with Crippen LogP contribution >= 0.6 is 34.7 Å². The highest BCUT2D eigenvalue weighted by molar-refractivity contribution is 8.01. The summed E-state index contributed by atoms with van der Waals surface area (Å²) in [7, 11) is 0. The molecule has 1 aliphatic rings. The topological polar surface area (TPSA) is 74.8 Å². The molecule has 146 valence electrons. The predicted octanol–water partition coefficient (Wildman–Crippen LogP) is 5.57. The molecule has 1 fully saturated rings. The minimum absolute atomic E-state index is 0.247. The molecule has 0 aliphatic carbocycles. The van der Waals surface area contributed by atoms with Gasteiger partial charge in [0.25, 0.3) is 5.89 Å². The van der Waals surface area contributed by atoms with Crippen molar-refractivity contribution in [1.82, 2.24) is 15.5 Å². The lowest BCUT2D eigenvalue weighted by Crippen LogP contribution is -2.56. The number of amidine groups is 1. The number of benzene rings is 1. The summed E-state index contributed by atoms with van der Waals surface area (Å²) in [6.45, 7) is 6.11. The van der Waals surface area contributed by atoms with Crippen molar-refractivity contribution in [3.05, 3.63) is 46.0 Å². The fraction of sp³-hybridized carbons (Fsp3) is 0.316. The quantitative estimate of drug-likeness (QED) is 0.561.